The van der Waals surface area contributed by atoms with Gasteiger partial charge in [-0.1, -0.05) is 6.92 Å². The molecule has 7 heteroatoms. The number of hydrogen-bond donors (Lipinski definition) is 0. The van der Waals surface area contributed by atoms with Crippen LogP contribution in [0.4, 0.5) is 5.13 Å². The van der Waals surface area contributed by atoms with Crippen molar-refractivity contribution in [2.45, 2.75) is 26.3 Å². The number of hydrogen-bond acceptors (Lipinski definition) is 6. The van der Waals surface area contributed by atoms with Crippen molar-refractivity contribution in [3.05, 3.63) is 35.2 Å². The third-order valence-corrected chi connectivity index (χ3v) is 6.32. The fourth-order valence-corrected chi connectivity index (χ4v) is 4.49. The fraction of sp³-hybridized carbons (Fsp3) is 0.579. The summed E-state index contributed by atoms with van der Waals surface area (Å²) in [6.45, 7) is 8.72. The number of anilines is 1. The SMILES string of the molecule is CC1CCN(Cc2csc(N3CCN(C(=O)c4ccco4)CC3)n2)CC1. The van der Waals surface area contributed by atoms with E-state index in [1.807, 2.05) is 4.90 Å². The second-order valence-electron chi connectivity index (χ2n) is 7.34. The predicted octanol–water partition coefficient (Wildman–Crippen LogP) is 2.93. The minimum atomic E-state index is -0.0196. The predicted molar refractivity (Wildman–Crippen MR) is 103 cm³/mol. The van der Waals surface area contributed by atoms with Crippen LogP contribution in [0.1, 0.15) is 36.0 Å². The number of thiazole rings is 1. The van der Waals surface area contributed by atoms with Gasteiger partial charge in [0.15, 0.2) is 10.9 Å². The minimum Gasteiger partial charge on any atom is -0.459 e. The average Bonchev–Trinajstić information content (AvgIpc) is 3.35. The summed E-state index contributed by atoms with van der Waals surface area (Å²) in [5.41, 5.74) is 1.17. The third kappa shape index (κ3) is 3.94. The van der Waals surface area contributed by atoms with Gasteiger partial charge in [0, 0.05) is 38.1 Å². The molecule has 0 unspecified atom stereocenters. The zero-order valence-electron chi connectivity index (χ0n) is 15.3. The van der Waals surface area contributed by atoms with E-state index in [4.69, 9.17) is 9.40 Å². The maximum Gasteiger partial charge on any atom is 0.289 e. The normalized spacial score (nSPS) is 19.9. The first-order chi connectivity index (χ1) is 12.7. The van der Waals surface area contributed by atoms with E-state index in [2.05, 4.69) is 22.1 Å². The van der Waals surface area contributed by atoms with Crippen molar-refractivity contribution in [2.75, 3.05) is 44.2 Å². The Morgan fingerprint density at radius 1 is 1.23 bits per heavy atom. The summed E-state index contributed by atoms with van der Waals surface area (Å²) >= 11 is 1.72. The highest BCUT2D eigenvalue weighted by Gasteiger charge is 2.25. The summed E-state index contributed by atoms with van der Waals surface area (Å²) < 4.78 is 5.22. The average molecular weight is 375 g/mol. The van der Waals surface area contributed by atoms with Crippen molar-refractivity contribution in [3.63, 3.8) is 0 Å². The van der Waals surface area contributed by atoms with E-state index >= 15 is 0 Å². The second-order valence-corrected chi connectivity index (χ2v) is 8.17. The van der Waals surface area contributed by atoms with Crippen LogP contribution in [0, 0.1) is 5.92 Å². The van der Waals surface area contributed by atoms with E-state index in [9.17, 15) is 4.79 Å². The number of rotatable bonds is 4. The van der Waals surface area contributed by atoms with Crippen LogP contribution < -0.4 is 4.90 Å². The molecule has 4 heterocycles. The largest absolute Gasteiger partial charge is 0.459 e. The third-order valence-electron chi connectivity index (χ3n) is 5.37. The van der Waals surface area contributed by atoms with Gasteiger partial charge in [0.05, 0.1) is 12.0 Å². The molecule has 2 aliphatic rings. The number of carbonyl (C=O) groups excluding carboxylic acids is 1. The molecule has 2 aliphatic heterocycles. The minimum absolute atomic E-state index is 0.0196. The Kier molecular flexibility index (Phi) is 5.26. The van der Waals surface area contributed by atoms with Crippen LogP contribution in [0.2, 0.25) is 0 Å². The molecular weight excluding hydrogens is 348 g/mol. The van der Waals surface area contributed by atoms with Crippen molar-refractivity contribution in [1.29, 1.82) is 0 Å². The number of likely N-dealkylation sites (tertiary alicyclic amines) is 1. The van der Waals surface area contributed by atoms with Crippen LogP contribution in [-0.4, -0.2) is 60.0 Å². The van der Waals surface area contributed by atoms with Crippen molar-refractivity contribution in [2.24, 2.45) is 5.92 Å². The second kappa shape index (κ2) is 7.80. The summed E-state index contributed by atoms with van der Waals surface area (Å²) in [5, 5.41) is 3.27. The van der Waals surface area contributed by atoms with E-state index in [1.54, 1.807) is 29.7 Å². The molecule has 6 nitrogen and oxygen atoms in total. The molecule has 0 radical (unpaired) electrons. The lowest BCUT2D eigenvalue weighted by molar-refractivity contribution is 0.0714. The summed E-state index contributed by atoms with van der Waals surface area (Å²) in [4.78, 5) is 23.9. The van der Waals surface area contributed by atoms with Gasteiger partial charge in [-0.3, -0.25) is 9.69 Å². The van der Waals surface area contributed by atoms with E-state index < -0.39 is 0 Å². The molecule has 0 atom stereocenters. The number of nitrogens with zero attached hydrogens (tertiary/aromatic N) is 4. The van der Waals surface area contributed by atoms with Gasteiger partial charge in [0.1, 0.15) is 0 Å². The van der Waals surface area contributed by atoms with Gasteiger partial charge in [0.2, 0.25) is 0 Å². The van der Waals surface area contributed by atoms with Crippen LogP contribution in [-0.2, 0) is 6.54 Å². The Labute approximate surface area is 158 Å². The summed E-state index contributed by atoms with van der Waals surface area (Å²) in [6, 6.07) is 3.48. The van der Waals surface area contributed by atoms with Gasteiger partial charge >= 0.3 is 0 Å². The summed E-state index contributed by atoms with van der Waals surface area (Å²) in [5.74, 6) is 1.26. The van der Waals surface area contributed by atoms with E-state index in [-0.39, 0.29) is 5.91 Å². The Balaban J connectivity index is 1.29. The van der Waals surface area contributed by atoms with Crippen LogP contribution in [0.15, 0.2) is 28.2 Å². The first kappa shape index (κ1) is 17.5. The van der Waals surface area contributed by atoms with Gasteiger partial charge in [-0.25, -0.2) is 4.98 Å². The Morgan fingerprint density at radius 2 is 2.00 bits per heavy atom. The van der Waals surface area contributed by atoms with Gasteiger partial charge in [-0.2, -0.15) is 0 Å². The molecule has 4 rings (SSSR count). The van der Waals surface area contributed by atoms with Crippen molar-refractivity contribution in [3.8, 4) is 0 Å². The first-order valence-corrected chi connectivity index (χ1v) is 10.3. The Hall–Kier alpha value is -1.86. The molecular formula is C19H26N4O2S. The van der Waals surface area contributed by atoms with Crippen LogP contribution in [0.5, 0.6) is 0 Å². The number of furan rings is 1. The molecule has 2 fully saturated rings. The Morgan fingerprint density at radius 3 is 2.69 bits per heavy atom. The molecule has 2 aromatic heterocycles. The zero-order valence-corrected chi connectivity index (χ0v) is 16.1. The lowest BCUT2D eigenvalue weighted by Crippen LogP contribution is -2.48. The monoisotopic (exact) mass is 374 g/mol. The smallest absolute Gasteiger partial charge is 0.289 e. The topological polar surface area (TPSA) is 52.8 Å². The fourth-order valence-electron chi connectivity index (χ4n) is 3.62. The molecule has 26 heavy (non-hydrogen) atoms. The van der Waals surface area contributed by atoms with Gasteiger partial charge in [0.25, 0.3) is 5.91 Å². The van der Waals surface area contributed by atoms with Crippen LogP contribution >= 0.6 is 11.3 Å². The Bertz CT molecular complexity index is 714. The van der Waals surface area contributed by atoms with Crippen LogP contribution in [0.3, 0.4) is 0 Å². The molecule has 140 valence electrons. The van der Waals surface area contributed by atoms with Gasteiger partial charge in [-0.05, 0) is 44.0 Å². The molecule has 1 amide bonds. The molecule has 0 N–H and O–H groups in total. The highest BCUT2D eigenvalue weighted by atomic mass is 32.1. The van der Waals surface area contributed by atoms with Gasteiger partial charge < -0.3 is 14.2 Å². The molecule has 0 aromatic carbocycles. The van der Waals surface area contributed by atoms with Gasteiger partial charge in [-0.15, -0.1) is 11.3 Å². The standard InChI is InChI=1S/C19H26N4O2S/c1-15-4-6-21(7-5-15)13-16-14-26-19(20-16)23-10-8-22(9-11-23)18(24)17-3-2-12-25-17/h2-3,12,14-15H,4-11,13H2,1H3. The van der Waals surface area contributed by atoms with E-state index in [1.165, 1.54) is 31.6 Å². The molecule has 0 bridgehead atoms. The number of piperidine rings is 1. The molecule has 0 spiro atoms. The quantitative estimate of drug-likeness (QED) is 0.824. The van der Waals surface area contributed by atoms with Crippen molar-refractivity contribution >= 4 is 22.4 Å². The number of piperazine rings is 1. The lowest BCUT2D eigenvalue weighted by Gasteiger charge is -2.34. The zero-order chi connectivity index (χ0) is 17.9. The number of aromatic nitrogens is 1. The van der Waals surface area contributed by atoms with Crippen LogP contribution in [0.25, 0.3) is 0 Å². The molecule has 2 saturated heterocycles. The summed E-state index contributed by atoms with van der Waals surface area (Å²) in [7, 11) is 0. The first-order valence-electron chi connectivity index (χ1n) is 9.43. The van der Waals surface area contributed by atoms with E-state index in [0.29, 0.717) is 18.8 Å². The molecule has 0 saturated carbocycles. The number of carbonyl (C=O) groups is 1. The maximum atomic E-state index is 12.3. The molecule has 0 aliphatic carbocycles. The van der Waals surface area contributed by atoms with Crippen molar-refractivity contribution in [1.82, 2.24) is 14.8 Å². The van der Waals surface area contributed by atoms with Crippen molar-refractivity contribution < 1.29 is 9.21 Å². The lowest BCUT2D eigenvalue weighted by atomic mass is 9.99. The highest BCUT2D eigenvalue weighted by Crippen LogP contribution is 2.24. The number of amides is 1. The highest BCUT2D eigenvalue weighted by molar-refractivity contribution is 7.13. The molecule has 2 aromatic rings. The summed E-state index contributed by atoms with van der Waals surface area (Å²) in [6.07, 6.45) is 4.13. The maximum absolute atomic E-state index is 12.3. The van der Waals surface area contributed by atoms with E-state index in [0.717, 1.165) is 30.7 Å².